The number of nitrogens with one attached hydrogen (secondary N) is 2. The zero-order valence-electron chi connectivity index (χ0n) is 14.7. The van der Waals surface area contributed by atoms with E-state index in [2.05, 4.69) is 20.7 Å². The molecule has 1 aromatic heterocycles. The first kappa shape index (κ1) is 18.9. The maximum Gasteiger partial charge on any atom is 0.387 e. The number of alkyl halides is 2. The van der Waals surface area contributed by atoms with Crippen LogP contribution in [0.25, 0.3) is 11.1 Å². The van der Waals surface area contributed by atoms with Gasteiger partial charge in [0.05, 0.1) is 25.5 Å². The average molecular weight is 378 g/mol. The first-order valence-electron chi connectivity index (χ1n) is 8.36. The van der Waals surface area contributed by atoms with E-state index in [1.54, 1.807) is 29.5 Å². The van der Waals surface area contributed by atoms with Gasteiger partial charge in [0.1, 0.15) is 5.75 Å². The lowest BCUT2D eigenvalue weighted by molar-refractivity contribution is -0.0498. The molecule has 0 amide bonds. The molecule has 0 radical (unpaired) electrons. The van der Waals surface area contributed by atoms with Gasteiger partial charge < -0.3 is 20.0 Å². The quantitative estimate of drug-likeness (QED) is 0.651. The minimum absolute atomic E-state index is 0.0660. The minimum atomic E-state index is -2.89. The van der Waals surface area contributed by atoms with Crippen LogP contribution in [0.1, 0.15) is 12.5 Å². The van der Waals surface area contributed by atoms with Gasteiger partial charge in [0.25, 0.3) is 0 Å². The van der Waals surface area contributed by atoms with E-state index >= 15 is 0 Å². The standard InChI is InChI=1S/C18H20F2N4O3/c1-2-26-17-16(13-4-3-5-15(7-13)27-18(19)20)6-12(8-21-17)9-24-10-14(11-25)22-23-24/h3-8,10,18,22-23,25H,2,9,11H2,1H3. The molecule has 2 heterocycles. The van der Waals surface area contributed by atoms with Crippen molar-refractivity contribution in [1.29, 1.82) is 0 Å². The normalized spacial score (nSPS) is 13.5. The number of aromatic nitrogens is 1. The van der Waals surface area contributed by atoms with Crippen LogP contribution in [0.4, 0.5) is 8.78 Å². The predicted molar refractivity (Wildman–Crippen MR) is 94.5 cm³/mol. The van der Waals surface area contributed by atoms with Crippen molar-refractivity contribution in [2.75, 3.05) is 13.2 Å². The summed E-state index contributed by atoms with van der Waals surface area (Å²) in [4.78, 5) is 4.36. The summed E-state index contributed by atoms with van der Waals surface area (Å²) in [6.45, 7) is -0.260. The monoisotopic (exact) mass is 378 g/mol. The molecule has 3 rings (SSSR count). The maximum atomic E-state index is 12.5. The smallest absolute Gasteiger partial charge is 0.387 e. The topological polar surface area (TPSA) is 78.9 Å². The number of halogens is 2. The first-order valence-corrected chi connectivity index (χ1v) is 8.36. The van der Waals surface area contributed by atoms with Gasteiger partial charge in [-0.25, -0.2) is 4.98 Å². The van der Waals surface area contributed by atoms with Gasteiger partial charge in [0.2, 0.25) is 5.88 Å². The van der Waals surface area contributed by atoms with Crippen LogP contribution in [-0.2, 0) is 6.54 Å². The van der Waals surface area contributed by atoms with Crippen molar-refractivity contribution < 1.29 is 23.4 Å². The Bertz CT molecular complexity index is 817. The number of rotatable bonds is 8. The third kappa shape index (κ3) is 4.83. The van der Waals surface area contributed by atoms with Gasteiger partial charge in [-0.1, -0.05) is 12.1 Å². The maximum absolute atomic E-state index is 12.5. The third-order valence-electron chi connectivity index (χ3n) is 3.75. The van der Waals surface area contributed by atoms with Crippen molar-refractivity contribution >= 4 is 0 Å². The second kappa shape index (κ2) is 8.65. The SMILES string of the molecule is CCOc1ncc(CN2C=C(CO)NN2)cc1-c1cccc(OC(F)F)c1. The number of nitrogens with zero attached hydrogens (tertiary/aromatic N) is 2. The van der Waals surface area contributed by atoms with Crippen LogP contribution < -0.4 is 20.4 Å². The summed E-state index contributed by atoms with van der Waals surface area (Å²) in [7, 11) is 0. The molecule has 0 atom stereocenters. The number of hydrazine groups is 2. The number of hydrogen-bond acceptors (Lipinski definition) is 7. The number of pyridine rings is 1. The van der Waals surface area contributed by atoms with E-state index in [9.17, 15) is 8.78 Å². The predicted octanol–water partition coefficient (Wildman–Crippen LogP) is 2.41. The van der Waals surface area contributed by atoms with E-state index < -0.39 is 6.61 Å². The van der Waals surface area contributed by atoms with Crippen molar-refractivity contribution in [3.8, 4) is 22.8 Å². The van der Waals surface area contributed by atoms with E-state index in [4.69, 9.17) is 9.84 Å². The zero-order chi connectivity index (χ0) is 19.2. The summed E-state index contributed by atoms with van der Waals surface area (Å²) >= 11 is 0. The zero-order valence-corrected chi connectivity index (χ0v) is 14.7. The van der Waals surface area contributed by atoms with Crippen LogP contribution in [0.3, 0.4) is 0 Å². The lowest BCUT2D eigenvalue weighted by Crippen LogP contribution is -2.36. The van der Waals surface area contributed by atoms with E-state index in [1.165, 1.54) is 12.1 Å². The summed E-state index contributed by atoms with van der Waals surface area (Å²) in [6, 6.07) is 8.29. The third-order valence-corrected chi connectivity index (χ3v) is 3.75. The molecule has 0 saturated carbocycles. The Labute approximate surface area is 155 Å². The molecule has 7 nitrogen and oxygen atoms in total. The second-order valence-electron chi connectivity index (χ2n) is 5.71. The fraction of sp³-hybridized carbons (Fsp3) is 0.278. The number of ether oxygens (including phenoxy) is 2. The highest BCUT2D eigenvalue weighted by Crippen LogP contribution is 2.32. The van der Waals surface area contributed by atoms with E-state index in [0.29, 0.717) is 35.9 Å². The number of benzene rings is 1. The highest BCUT2D eigenvalue weighted by Gasteiger charge is 2.15. The van der Waals surface area contributed by atoms with Crippen LogP contribution in [0, 0.1) is 0 Å². The summed E-state index contributed by atoms with van der Waals surface area (Å²) in [5.74, 6) is 0.478. The summed E-state index contributed by atoms with van der Waals surface area (Å²) in [6.07, 6.45) is 3.42. The van der Waals surface area contributed by atoms with Crippen molar-refractivity contribution in [2.45, 2.75) is 20.1 Å². The van der Waals surface area contributed by atoms with Crippen molar-refractivity contribution in [3.63, 3.8) is 0 Å². The highest BCUT2D eigenvalue weighted by molar-refractivity contribution is 5.70. The molecule has 1 aliphatic rings. The molecular weight excluding hydrogens is 358 g/mol. The number of hydrogen-bond donors (Lipinski definition) is 3. The van der Waals surface area contributed by atoms with Crippen molar-refractivity contribution in [3.05, 3.63) is 54.0 Å². The Hall–Kier alpha value is -2.91. The molecule has 1 aliphatic heterocycles. The molecule has 0 spiro atoms. The Morgan fingerprint density at radius 3 is 2.85 bits per heavy atom. The molecule has 0 aliphatic carbocycles. The molecule has 0 saturated heterocycles. The lowest BCUT2D eigenvalue weighted by Gasteiger charge is -2.17. The summed E-state index contributed by atoms with van der Waals surface area (Å²) in [5.41, 5.74) is 8.57. The molecule has 0 fully saturated rings. The Balaban J connectivity index is 1.89. The Kier molecular flexibility index (Phi) is 6.05. The molecule has 144 valence electrons. The molecule has 3 N–H and O–H groups in total. The Morgan fingerprint density at radius 1 is 1.30 bits per heavy atom. The van der Waals surface area contributed by atoms with Crippen LogP contribution in [0.2, 0.25) is 0 Å². The van der Waals surface area contributed by atoms with Gasteiger partial charge >= 0.3 is 6.61 Å². The minimum Gasteiger partial charge on any atom is -0.478 e. The van der Waals surface area contributed by atoms with Gasteiger partial charge in [0, 0.05) is 18.0 Å². The van der Waals surface area contributed by atoms with Crippen molar-refractivity contribution in [1.82, 2.24) is 21.0 Å². The second-order valence-corrected chi connectivity index (χ2v) is 5.71. The average Bonchev–Trinajstić information content (AvgIpc) is 3.10. The molecule has 0 bridgehead atoms. The molecule has 27 heavy (non-hydrogen) atoms. The largest absolute Gasteiger partial charge is 0.478 e. The van der Waals surface area contributed by atoms with Gasteiger partial charge in [-0.3, -0.25) is 5.01 Å². The van der Waals surface area contributed by atoms with E-state index in [1.807, 2.05) is 13.0 Å². The van der Waals surface area contributed by atoms with E-state index in [0.717, 1.165) is 5.56 Å². The molecule has 0 unspecified atom stereocenters. The van der Waals surface area contributed by atoms with Gasteiger partial charge in [-0.05, 0) is 36.2 Å². The van der Waals surface area contributed by atoms with Gasteiger partial charge in [0.15, 0.2) is 0 Å². The summed E-state index contributed by atoms with van der Waals surface area (Å²) in [5, 5.41) is 10.9. The molecular formula is C18H20F2N4O3. The van der Waals surface area contributed by atoms with Crippen LogP contribution in [0.15, 0.2) is 48.4 Å². The lowest BCUT2D eigenvalue weighted by atomic mass is 10.0. The summed E-state index contributed by atoms with van der Waals surface area (Å²) < 4.78 is 35.1. The fourth-order valence-electron chi connectivity index (χ4n) is 2.64. The van der Waals surface area contributed by atoms with Crippen LogP contribution >= 0.6 is 0 Å². The molecule has 9 heteroatoms. The van der Waals surface area contributed by atoms with Crippen LogP contribution in [0.5, 0.6) is 11.6 Å². The number of aliphatic hydroxyl groups is 1. The van der Waals surface area contributed by atoms with Crippen LogP contribution in [-0.4, -0.2) is 34.9 Å². The molecule has 2 aromatic rings. The molecule has 1 aromatic carbocycles. The fourth-order valence-corrected chi connectivity index (χ4v) is 2.64. The van der Waals surface area contributed by atoms with Gasteiger partial charge in [-0.2, -0.15) is 8.78 Å². The Morgan fingerprint density at radius 2 is 2.15 bits per heavy atom. The number of aliphatic hydroxyl groups excluding tert-OH is 1. The van der Waals surface area contributed by atoms with Crippen molar-refractivity contribution in [2.24, 2.45) is 0 Å². The van der Waals surface area contributed by atoms with Gasteiger partial charge in [-0.15, -0.1) is 5.53 Å². The first-order chi connectivity index (χ1) is 13.1. The highest BCUT2D eigenvalue weighted by atomic mass is 19.3. The van der Waals surface area contributed by atoms with E-state index in [-0.39, 0.29) is 12.4 Å².